The Balaban J connectivity index is 1.84. The van der Waals surface area contributed by atoms with E-state index < -0.39 is 0 Å². The van der Waals surface area contributed by atoms with Gasteiger partial charge in [-0.25, -0.2) is 0 Å². The Bertz CT molecular complexity index is 244. The minimum absolute atomic E-state index is 0.0166. The molecule has 0 aromatic rings. The lowest BCUT2D eigenvalue weighted by atomic mass is 9.73. The van der Waals surface area contributed by atoms with E-state index in [0.717, 1.165) is 24.0 Å². The fraction of sp³-hybridized carbons (Fsp3) is 0.923. The van der Waals surface area contributed by atoms with E-state index in [1.165, 1.54) is 38.5 Å². The molecule has 0 radical (unpaired) electrons. The zero-order chi connectivity index (χ0) is 10.7. The smallest absolute Gasteiger partial charge is 0.103 e. The highest BCUT2D eigenvalue weighted by Crippen LogP contribution is 2.52. The second-order valence-corrected chi connectivity index (χ2v) is 6.85. The molecule has 0 N–H and O–H groups in total. The molecular weight excluding hydrogens is 202 g/mol. The second-order valence-electron chi connectivity index (χ2n) is 5.17. The molecule has 0 unspecified atom stereocenters. The molecule has 0 spiro atoms. The molecule has 2 aliphatic rings. The highest BCUT2D eigenvalue weighted by molar-refractivity contribution is 8.01. The molecule has 0 atom stereocenters. The van der Waals surface area contributed by atoms with Gasteiger partial charge in [-0.15, -0.1) is 11.8 Å². The Kier molecular flexibility index (Phi) is 3.61. The minimum atomic E-state index is 0.0166. The first-order valence-electron chi connectivity index (χ1n) is 6.37. The lowest BCUT2D eigenvalue weighted by Gasteiger charge is -2.44. The number of thioether (sulfide) groups is 1. The molecule has 2 heteroatoms. The summed E-state index contributed by atoms with van der Waals surface area (Å²) in [6, 6.07) is 2.59. The van der Waals surface area contributed by atoms with Gasteiger partial charge in [0, 0.05) is 5.25 Å². The molecule has 15 heavy (non-hydrogen) atoms. The summed E-state index contributed by atoms with van der Waals surface area (Å²) < 4.78 is 0.0166. The topological polar surface area (TPSA) is 23.8 Å². The third-order valence-corrected chi connectivity index (χ3v) is 5.64. The van der Waals surface area contributed by atoms with Gasteiger partial charge in [-0.2, -0.15) is 5.26 Å². The van der Waals surface area contributed by atoms with Crippen molar-refractivity contribution < 1.29 is 0 Å². The molecule has 2 aliphatic carbocycles. The summed E-state index contributed by atoms with van der Waals surface area (Å²) in [4.78, 5) is 0. The molecule has 0 amide bonds. The van der Waals surface area contributed by atoms with Gasteiger partial charge in [0.05, 0.1) is 6.07 Å². The van der Waals surface area contributed by atoms with Crippen LogP contribution in [0.25, 0.3) is 0 Å². The third-order valence-electron chi connectivity index (χ3n) is 3.96. The van der Waals surface area contributed by atoms with Gasteiger partial charge >= 0.3 is 0 Å². The summed E-state index contributed by atoms with van der Waals surface area (Å²) in [5, 5.41) is 10.1. The van der Waals surface area contributed by atoms with Crippen LogP contribution in [0, 0.1) is 17.2 Å². The number of nitrogens with zero attached hydrogens (tertiary/aromatic N) is 1. The van der Waals surface area contributed by atoms with Crippen molar-refractivity contribution in [1.82, 2.24) is 0 Å². The first kappa shape index (κ1) is 11.3. The summed E-state index contributed by atoms with van der Waals surface area (Å²) in [7, 11) is 0. The quantitative estimate of drug-likeness (QED) is 0.718. The highest BCUT2D eigenvalue weighted by Gasteiger charge is 2.45. The van der Waals surface area contributed by atoms with Crippen LogP contribution >= 0.6 is 11.8 Å². The first-order valence-corrected chi connectivity index (χ1v) is 7.25. The average molecular weight is 223 g/mol. The number of hydrogen-bond acceptors (Lipinski definition) is 2. The van der Waals surface area contributed by atoms with Gasteiger partial charge in [-0.05, 0) is 31.6 Å². The molecule has 0 aromatic heterocycles. The molecule has 0 saturated heterocycles. The number of rotatable bonds is 3. The molecule has 0 aliphatic heterocycles. The van der Waals surface area contributed by atoms with Crippen molar-refractivity contribution in [3.8, 4) is 6.07 Å². The molecule has 0 bridgehead atoms. The van der Waals surface area contributed by atoms with E-state index in [2.05, 4.69) is 13.0 Å². The van der Waals surface area contributed by atoms with Crippen LogP contribution in [-0.4, -0.2) is 10.00 Å². The van der Waals surface area contributed by atoms with Crippen LogP contribution in [0.3, 0.4) is 0 Å². The Labute approximate surface area is 97.6 Å². The molecule has 2 saturated carbocycles. The maximum absolute atomic E-state index is 9.31. The van der Waals surface area contributed by atoms with Crippen LogP contribution in [-0.2, 0) is 0 Å². The van der Waals surface area contributed by atoms with Crippen molar-refractivity contribution in [3.05, 3.63) is 0 Å². The largest absolute Gasteiger partial charge is 0.197 e. The van der Waals surface area contributed by atoms with E-state index in [-0.39, 0.29) is 4.75 Å². The van der Waals surface area contributed by atoms with Crippen molar-refractivity contribution >= 4 is 11.8 Å². The molecule has 84 valence electrons. The second kappa shape index (κ2) is 4.78. The molecular formula is C13H21NS. The van der Waals surface area contributed by atoms with Gasteiger partial charge in [-0.1, -0.05) is 32.6 Å². The maximum Gasteiger partial charge on any atom is 0.103 e. The van der Waals surface area contributed by atoms with E-state index in [0.29, 0.717) is 0 Å². The van der Waals surface area contributed by atoms with E-state index in [9.17, 15) is 5.26 Å². The molecule has 0 heterocycles. The highest BCUT2D eigenvalue weighted by atomic mass is 32.2. The predicted octanol–water partition coefficient (Wildman–Crippen LogP) is 4.13. The zero-order valence-electron chi connectivity index (χ0n) is 9.67. The standard InChI is InChI=1S/C13H21NS/c1-2-11-8-13(9-11,10-14)15-12-6-4-3-5-7-12/h11-12H,2-9H2,1H3. The summed E-state index contributed by atoms with van der Waals surface area (Å²) in [5.74, 6) is 0.834. The Morgan fingerprint density at radius 3 is 2.47 bits per heavy atom. The Morgan fingerprint density at radius 1 is 1.27 bits per heavy atom. The van der Waals surface area contributed by atoms with Crippen LogP contribution in [0.4, 0.5) is 0 Å². The van der Waals surface area contributed by atoms with Crippen molar-refractivity contribution in [2.75, 3.05) is 0 Å². The van der Waals surface area contributed by atoms with Gasteiger partial charge in [0.1, 0.15) is 4.75 Å². The van der Waals surface area contributed by atoms with Gasteiger partial charge in [-0.3, -0.25) is 0 Å². The fourth-order valence-electron chi connectivity index (χ4n) is 2.88. The van der Waals surface area contributed by atoms with Crippen LogP contribution in [0.1, 0.15) is 58.3 Å². The predicted molar refractivity (Wildman–Crippen MR) is 65.8 cm³/mol. The van der Waals surface area contributed by atoms with Gasteiger partial charge in [0.15, 0.2) is 0 Å². The fourth-order valence-corrected chi connectivity index (χ4v) is 4.80. The Hall–Kier alpha value is -0.160. The monoisotopic (exact) mass is 223 g/mol. The van der Waals surface area contributed by atoms with Crippen LogP contribution in [0.2, 0.25) is 0 Å². The van der Waals surface area contributed by atoms with E-state index in [1.54, 1.807) is 0 Å². The van der Waals surface area contributed by atoms with Gasteiger partial charge in [0.25, 0.3) is 0 Å². The zero-order valence-corrected chi connectivity index (χ0v) is 10.5. The summed E-state index contributed by atoms with van der Waals surface area (Å²) in [6.07, 6.45) is 10.5. The van der Waals surface area contributed by atoms with Crippen molar-refractivity contribution in [1.29, 1.82) is 5.26 Å². The van der Waals surface area contributed by atoms with Crippen LogP contribution in [0.15, 0.2) is 0 Å². The van der Waals surface area contributed by atoms with Crippen molar-refractivity contribution in [3.63, 3.8) is 0 Å². The van der Waals surface area contributed by atoms with E-state index >= 15 is 0 Å². The van der Waals surface area contributed by atoms with Gasteiger partial charge < -0.3 is 0 Å². The van der Waals surface area contributed by atoms with Crippen molar-refractivity contribution in [2.45, 2.75) is 68.3 Å². The number of nitriles is 1. The SMILES string of the molecule is CCC1CC(C#N)(SC2CCCCC2)C1. The summed E-state index contributed by atoms with van der Waals surface area (Å²) in [5.41, 5.74) is 0. The maximum atomic E-state index is 9.31. The average Bonchev–Trinajstić information content (AvgIpc) is 2.24. The van der Waals surface area contributed by atoms with Gasteiger partial charge in [0.2, 0.25) is 0 Å². The number of hydrogen-bond donors (Lipinski definition) is 0. The molecule has 0 aromatic carbocycles. The van der Waals surface area contributed by atoms with E-state index in [1.807, 2.05) is 11.8 Å². The lowest BCUT2D eigenvalue weighted by molar-refractivity contribution is 0.268. The van der Waals surface area contributed by atoms with Crippen molar-refractivity contribution in [2.24, 2.45) is 5.92 Å². The van der Waals surface area contributed by atoms with Crippen LogP contribution in [0.5, 0.6) is 0 Å². The molecule has 2 rings (SSSR count). The lowest BCUT2D eigenvalue weighted by Crippen LogP contribution is -2.41. The Morgan fingerprint density at radius 2 is 1.93 bits per heavy atom. The normalized spacial score (nSPS) is 36.9. The molecule has 2 fully saturated rings. The van der Waals surface area contributed by atoms with Crippen LogP contribution < -0.4 is 0 Å². The van der Waals surface area contributed by atoms with E-state index in [4.69, 9.17) is 0 Å². The third kappa shape index (κ3) is 2.50. The minimum Gasteiger partial charge on any atom is -0.197 e. The first-order chi connectivity index (χ1) is 7.28. The summed E-state index contributed by atoms with van der Waals surface area (Å²) >= 11 is 2.01. The summed E-state index contributed by atoms with van der Waals surface area (Å²) in [6.45, 7) is 2.25. The molecule has 1 nitrogen and oxygen atoms in total.